The van der Waals surface area contributed by atoms with Crippen LogP contribution < -0.4 is 5.32 Å². The van der Waals surface area contributed by atoms with E-state index in [0.717, 1.165) is 15.0 Å². The number of thioether (sulfide) groups is 1. The molecule has 3 rings (SSSR count). The van der Waals surface area contributed by atoms with E-state index in [-0.39, 0.29) is 11.2 Å². The fraction of sp³-hybridized carbons (Fsp3) is 0.500. The summed E-state index contributed by atoms with van der Waals surface area (Å²) in [4.78, 5) is 14.2. The molecule has 1 aromatic carbocycles. The minimum atomic E-state index is -0.299. The van der Waals surface area contributed by atoms with Crippen molar-refractivity contribution in [2.75, 3.05) is 19.4 Å². The maximum absolute atomic E-state index is 12.6. The highest BCUT2D eigenvalue weighted by Gasteiger charge is 2.25. The van der Waals surface area contributed by atoms with E-state index in [2.05, 4.69) is 15.5 Å². The third-order valence-corrected chi connectivity index (χ3v) is 6.51. The van der Waals surface area contributed by atoms with Gasteiger partial charge in [0.15, 0.2) is 4.34 Å². The number of rotatable bonds is 6. The summed E-state index contributed by atoms with van der Waals surface area (Å²) < 4.78 is 0.822. The van der Waals surface area contributed by atoms with E-state index in [1.165, 1.54) is 55.2 Å². The van der Waals surface area contributed by atoms with Crippen molar-refractivity contribution in [1.29, 1.82) is 0 Å². The molecule has 1 N–H and O–H groups in total. The van der Waals surface area contributed by atoms with Gasteiger partial charge in [0.1, 0.15) is 5.25 Å². The smallest absolute Gasteiger partial charge is 0.240 e. The lowest BCUT2D eigenvalue weighted by Crippen LogP contribution is -2.26. The Morgan fingerprint density at radius 2 is 1.92 bits per heavy atom. The molecule has 134 valence electrons. The zero-order valence-electron chi connectivity index (χ0n) is 14.6. The van der Waals surface area contributed by atoms with E-state index >= 15 is 0 Å². The zero-order chi connectivity index (χ0) is 17.6. The van der Waals surface area contributed by atoms with E-state index in [1.54, 1.807) is 19.0 Å². The summed E-state index contributed by atoms with van der Waals surface area (Å²) >= 11 is 3.01. The second-order valence-corrected chi connectivity index (χ2v) is 8.82. The molecule has 0 unspecified atom stereocenters. The number of hydrogen-bond acceptors (Lipinski definition) is 6. The van der Waals surface area contributed by atoms with Gasteiger partial charge in [-0.3, -0.25) is 4.79 Å². The molecule has 1 aliphatic rings. The Balaban J connectivity index is 1.70. The molecule has 7 heteroatoms. The van der Waals surface area contributed by atoms with Gasteiger partial charge in [-0.25, -0.2) is 0 Å². The number of carbonyl (C=O) groups excluding carboxylic acids is 1. The van der Waals surface area contributed by atoms with Crippen LogP contribution >= 0.6 is 23.1 Å². The molecule has 0 radical (unpaired) electrons. The highest BCUT2D eigenvalue weighted by molar-refractivity contribution is 8.01. The molecular weight excluding hydrogens is 352 g/mol. The van der Waals surface area contributed by atoms with E-state index in [0.29, 0.717) is 6.04 Å². The van der Waals surface area contributed by atoms with Crippen molar-refractivity contribution in [2.24, 2.45) is 0 Å². The topological polar surface area (TPSA) is 58.1 Å². The fourth-order valence-electron chi connectivity index (χ4n) is 2.96. The van der Waals surface area contributed by atoms with E-state index in [9.17, 15) is 4.79 Å². The number of benzene rings is 1. The zero-order valence-corrected chi connectivity index (χ0v) is 16.3. The quantitative estimate of drug-likeness (QED) is 0.766. The number of anilines is 1. The number of likely N-dealkylation sites (N-methyl/N-ethyl adjacent to an activating group) is 1. The predicted octanol–water partition coefficient (Wildman–Crippen LogP) is 4.20. The Morgan fingerprint density at radius 1 is 1.20 bits per heavy atom. The Kier molecular flexibility index (Phi) is 6.31. The second kappa shape index (κ2) is 8.67. The Bertz CT molecular complexity index is 683. The molecule has 0 aliphatic heterocycles. The van der Waals surface area contributed by atoms with Gasteiger partial charge >= 0.3 is 0 Å². The van der Waals surface area contributed by atoms with Crippen LogP contribution in [-0.2, 0) is 4.79 Å². The van der Waals surface area contributed by atoms with Crippen LogP contribution in [0, 0.1) is 0 Å². The lowest BCUT2D eigenvalue weighted by molar-refractivity contribution is -0.128. The maximum atomic E-state index is 12.6. The summed E-state index contributed by atoms with van der Waals surface area (Å²) in [6.07, 6.45) is 6.30. The van der Waals surface area contributed by atoms with Crippen LogP contribution in [0.15, 0.2) is 34.7 Å². The molecule has 1 saturated carbocycles. The van der Waals surface area contributed by atoms with Crippen molar-refractivity contribution in [3.05, 3.63) is 35.9 Å². The summed E-state index contributed by atoms with van der Waals surface area (Å²) in [7, 11) is 3.57. The molecular formula is C18H24N4OS2. The van der Waals surface area contributed by atoms with E-state index in [1.807, 2.05) is 30.3 Å². The summed E-state index contributed by atoms with van der Waals surface area (Å²) in [5.41, 5.74) is 0.989. The molecule has 1 atom stereocenters. The van der Waals surface area contributed by atoms with Crippen LogP contribution in [0.1, 0.15) is 42.9 Å². The predicted molar refractivity (Wildman–Crippen MR) is 104 cm³/mol. The number of nitrogens with zero attached hydrogens (tertiary/aromatic N) is 3. The molecule has 2 aromatic rings. The molecule has 1 heterocycles. The first-order chi connectivity index (χ1) is 12.1. The van der Waals surface area contributed by atoms with Gasteiger partial charge in [-0.05, 0) is 18.4 Å². The molecule has 0 saturated heterocycles. The van der Waals surface area contributed by atoms with Gasteiger partial charge in [0.25, 0.3) is 0 Å². The maximum Gasteiger partial charge on any atom is 0.240 e. The molecule has 0 bridgehead atoms. The first-order valence-corrected chi connectivity index (χ1v) is 10.4. The summed E-state index contributed by atoms with van der Waals surface area (Å²) in [6.45, 7) is 0. The lowest BCUT2D eigenvalue weighted by atomic mass is 9.96. The SMILES string of the molecule is CN(C)C(=O)[C@@H](Sc1nnc(NC2CCCCC2)s1)c1ccccc1. The molecule has 1 amide bonds. The van der Waals surface area contributed by atoms with Gasteiger partial charge in [0.2, 0.25) is 11.0 Å². The standard InChI is InChI=1S/C18H24N4OS2/c1-22(2)16(23)15(13-9-5-3-6-10-13)24-18-21-20-17(25-18)19-14-11-7-4-8-12-14/h3,5-6,9-10,14-15H,4,7-8,11-12H2,1-2H3,(H,19,20)/t15-/m0/s1. The van der Waals surface area contributed by atoms with Crippen molar-refractivity contribution in [3.8, 4) is 0 Å². The third kappa shape index (κ3) is 4.95. The van der Waals surface area contributed by atoms with E-state index < -0.39 is 0 Å². The van der Waals surface area contributed by atoms with Gasteiger partial charge in [0, 0.05) is 20.1 Å². The number of aromatic nitrogens is 2. The van der Waals surface area contributed by atoms with Crippen LogP contribution in [0.4, 0.5) is 5.13 Å². The largest absolute Gasteiger partial charge is 0.357 e. The molecule has 5 nitrogen and oxygen atoms in total. The van der Waals surface area contributed by atoms with Crippen LogP contribution in [0.5, 0.6) is 0 Å². The van der Waals surface area contributed by atoms with Gasteiger partial charge in [-0.15, -0.1) is 10.2 Å². The molecule has 1 aromatic heterocycles. The minimum absolute atomic E-state index is 0.0631. The first kappa shape index (κ1) is 18.2. The van der Waals surface area contributed by atoms with Crippen LogP contribution in [0.25, 0.3) is 0 Å². The van der Waals surface area contributed by atoms with Crippen LogP contribution in [0.3, 0.4) is 0 Å². The average molecular weight is 377 g/mol. The Labute approximate surface area is 157 Å². The average Bonchev–Trinajstić information content (AvgIpc) is 3.07. The summed E-state index contributed by atoms with van der Waals surface area (Å²) in [5, 5.41) is 12.6. The van der Waals surface area contributed by atoms with Crippen molar-refractivity contribution in [1.82, 2.24) is 15.1 Å². The first-order valence-electron chi connectivity index (χ1n) is 8.66. The Hall–Kier alpha value is -1.60. The fourth-order valence-corrected chi connectivity index (χ4v) is 5.13. The summed E-state index contributed by atoms with van der Waals surface area (Å²) in [6, 6.07) is 10.4. The van der Waals surface area contributed by atoms with Crippen molar-refractivity contribution >= 4 is 34.1 Å². The Morgan fingerprint density at radius 3 is 2.60 bits per heavy atom. The highest BCUT2D eigenvalue weighted by Crippen LogP contribution is 2.39. The van der Waals surface area contributed by atoms with Crippen molar-refractivity contribution < 1.29 is 4.79 Å². The van der Waals surface area contributed by atoms with Gasteiger partial charge in [0.05, 0.1) is 0 Å². The van der Waals surface area contributed by atoms with Gasteiger partial charge in [-0.2, -0.15) is 0 Å². The third-order valence-electron chi connectivity index (χ3n) is 4.33. The van der Waals surface area contributed by atoms with Crippen LogP contribution in [-0.4, -0.2) is 41.1 Å². The van der Waals surface area contributed by atoms with E-state index in [4.69, 9.17) is 0 Å². The number of hydrogen-bond donors (Lipinski definition) is 1. The van der Waals surface area contributed by atoms with Crippen molar-refractivity contribution in [3.63, 3.8) is 0 Å². The summed E-state index contributed by atoms with van der Waals surface area (Å²) in [5.74, 6) is 0.0631. The molecule has 1 fully saturated rings. The minimum Gasteiger partial charge on any atom is -0.357 e. The van der Waals surface area contributed by atoms with Crippen molar-refractivity contribution in [2.45, 2.75) is 47.7 Å². The number of carbonyl (C=O) groups is 1. The second-order valence-electron chi connectivity index (χ2n) is 6.49. The molecule has 1 aliphatic carbocycles. The van der Waals surface area contributed by atoms with Gasteiger partial charge in [-0.1, -0.05) is 72.7 Å². The van der Waals surface area contributed by atoms with Crippen LogP contribution in [0.2, 0.25) is 0 Å². The van der Waals surface area contributed by atoms with Gasteiger partial charge < -0.3 is 10.2 Å². The molecule has 25 heavy (non-hydrogen) atoms. The lowest BCUT2D eigenvalue weighted by Gasteiger charge is -2.21. The number of nitrogens with one attached hydrogen (secondary N) is 1. The normalized spacial score (nSPS) is 16.4. The number of amides is 1. The highest BCUT2D eigenvalue weighted by atomic mass is 32.2. The molecule has 0 spiro atoms. The monoisotopic (exact) mass is 376 g/mol.